The van der Waals surface area contributed by atoms with Gasteiger partial charge in [-0.2, -0.15) is 8.42 Å². The molecule has 1 aliphatic rings. The molecular weight excluding hydrogens is 144 g/mol. The largest absolute Gasteiger partial charge is 0.357 e. The Hall–Kier alpha value is -0.620. The van der Waals surface area contributed by atoms with Crippen LogP contribution in [-0.4, -0.2) is 31.2 Å². The number of hydrogen-bond donors (Lipinski definition) is 2. The Kier molecular flexibility index (Phi) is 1.42. The normalized spacial score (nSPS) is 26.1. The molecule has 1 heterocycles. The van der Waals surface area contributed by atoms with Gasteiger partial charge in [-0.1, -0.05) is 0 Å². The molecular formula is C3H6N2O3S. The zero-order valence-corrected chi connectivity index (χ0v) is 5.30. The molecule has 2 N–H and O–H groups in total. The van der Waals surface area contributed by atoms with Crippen LogP contribution < -0.4 is 5.32 Å². The van der Waals surface area contributed by atoms with Gasteiger partial charge in [0.1, 0.15) is 0 Å². The molecule has 0 aromatic rings. The molecule has 0 saturated carbocycles. The molecule has 0 aromatic heterocycles. The maximum Gasteiger partial charge on any atom is 0.288 e. The van der Waals surface area contributed by atoms with Gasteiger partial charge in [0.25, 0.3) is 10.1 Å². The first-order chi connectivity index (χ1) is 4.11. The molecule has 0 fully saturated rings. The van der Waals surface area contributed by atoms with Crippen molar-refractivity contribution in [2.45, 2.75) is 5.37 Å². The second kappa shape index (κ2) is 1.96. The third kappa shape index (κ3) is 1.39. The fraction of sp³-hybridized carbons (Fsp3) is 0.667. The molecule has 0 amide bonds. The lowest BCUT2D eigenvalue weighted by atomic mass is 10.7. The Morgan fingerprint density at radius 1 is 1.78 bits per heavy atom. The summed E-state index contributed by atoms with van der Waals surface area (Å²) in [5.41, 5.74) is 0. The molecule has 0 radical (unpaired) electrons. The first kappa shape index (κ1) is 6.50. The van der Waals surface area contributed by atoms with E-state index in [4.69, 9.17) is 4.55 Å². The number of nitrogens with one attached hydrogen (secondary N) is 1. The Morgan fingerprint density at radius 2 is 2.44 bits per heavy atom. The Bertz CT molecular complexity index is 211. The van der Waals surface area contributed by atoms with Gasteiger partial charge in [-0.25, -0.2) is 0 Å². The highest BCUT2D eigenvalue weighted by molar-refractivity contribution is 7.86. The predicted molar refractivity (Wildman–Crippen MR) is 31.8 cm³/mol. The van der Waals surface area contributed by atoms with Crippen LogP contribution in [0.3, 0.4) is 0 Å². The molecule has 0 aliphatic carbocycles. The van der Waals surface area contributed by atoms with Crippen LogP contribution in [-0.2, 0) is 10.1 Å². The van der Waals surface area contributed by atoms with E-state index in [1.54, 1.807) is 0 Å². The summed E-state index contributed by atoms with van der Waals surface area (Å²) in [6.45, 7) is 0.0961. The highest BCUT2D eigenvalue weighted by Crippen LogP contribution is 1.97. The monoisotopic (exact) mass is 150 g/mol. The SMILES string of the molecule is O=S(=O)(O)C1CN=CN1. The van der Waals surface area contributed by atoms with Crippen LogP contribution in [0, 0.1) is 0 Å². The third-order valence-electron chi connectivity index (χ3n) is 0.982. The van der Waals surface area contributed by atoms with Crippen LogP contribution in [0.15, 0.2) is 4.99 Å². The topological polar surface area (TPSA) is 78.8 Å². The molecule has 0 aromatic carbocycles. The van der Waals surface area contributed by atoms with Gasteiger partial charge in [0, 0.05) is 0 Å². The lowest BCUT2D eigenvalue weighted by Gasteiger charge is -2.02. The van der Waals surface area contributed by atoms with E-state index in [-0.39, 0.29) is 6.54 Å². The van der Waals surface area contributed by atoms with E-state index in [9.17, 15) is 8.42 Å². The zero-order valence-electron chi connectivity index (χ0n) is 4.48. The molecule has 5 nitrogen and oxygen atoms in total. The maximum atomic E-state index is 10.2. The number of rotatable bonds is 1. The summed E-state index contributed by atoms with van der Waals surface area (Å²) in [4.78, 5) is 3.56. The van der Waals surface area contributed by atoms with Crippen molar-refractivity contribution in [3.05, 3.63) is 0 Å². The fourth-order valence-electron chi connectivity index (χ4n) is 0.517. The highest BCUT2D eigenvalue weighted by atomic mass is 32.2. The summed E-state index contributed by atoms with van der Waals surface area (Å²) in [6, 6.07) is 0. The van der Waals surface area contributed by atoms with Gasteiger partial charge in [-0.3, -0.25) is 9.55 Å². The van der Waals surface area contributed by atoms with E-state index < -0.39 is 15.5 Å². The first-order valence-corrected chi connectivity index (χ1v) is 3.81. The van der Waals surface area contributed by atoms with Gasteiger partial charge in [0.05, 0.1) is 12.9 Å². The second-order valence-electron chi connectivity index (χ2n) is 1.66. The quantitative estimate of drug-likeness (QED) is 0.462. The van der Waals surface area contributed by atoms with Crippen LogP contribution in [0.5, 0.6) is 0 Å². The summed E-state index contributed by atoms with van der Waals surface area (Å²) < 4.78 is 28.8. The summed E-state index contributed by atoms with van der Waals surface area (Å²) in [6.07, 6.45) is 1.26. The Morgan fingerprint density at radius 3 is 2.67 bits per heavy atom. The summed E-state index contributed by atoms with van der Waals surface area (Å²) in [5, 5.41) is 1.43. The van der Waals surface area contributed by atoms with Crippen molar-refractivity contribution in [3.8, 4) is 0 Å². The van der Waals surface area contributed by atoms with Crippen molar-refractivity contribution in [2.24, 2.45) is 4.99 Å². The number of nitrogens with zero attached hydrogens (tertiary/aromatic N) is 1. The van der Waals surface area contributed by atoms with Crippen LogP contribution in [0.4, 0.5) is 0 Å². The standard InChI is InChI=1S/C3H6N2O3S/c6-9(7,8)3-1-4-2-5-3/h2-3H,1H2,(H,4,5)(H,6,7,8). The summed E-state index contributed by atoms with van der Waals surface area (Å²) >= 11 is 0. The fourth-order valence-corrected chi connectivity index (χ4v) is 1.02. The highest BCUT2D eigenvalue weighted by Gasteiger charge is 2.23. The van der Waals surface area contributed by atoms with Crippen molar-refractivity contribution in [1.29, 1.82) is 0 Å². The van der Waals surface area contributed by atoms with Gasteiger partial charge >= 0.3 is 0 Å². The van der Waals surface area contributed by atoms with Gasteiger partial charge < -0.3 is 5.32 Å². The van der Waals surface area contributed by atoms with Crippen molar-refractivity contribution in [3.63, 3.8) is 0 Å². The predicted octanol–water partition coefficient (Wildman–Crippen LogP) is -1.17. The molecule has 1 rings (SSSR count). The van der Waals surface area contributed by atoms with Crippen LogP contribution >= 0.6 is 0 Å². The maximum absolute atomic E-state index is 10.2. The van der Waals surface area contributed by atoms with E-state index in [1.165, 1.54) is 6.34 Å². The molecule has 1 aliphatic heterocycles. The van der Waals surface area contributed by atoms with E-state index in [2.05, 4.69) is 10.3 Å². The molecule has 52 valence electrons. The van der Waals surface area contributed by atoms with Crippen molar-refractivity contribution >= 4 is 16.5 Å². The zero-order chi connectivity index (χ0) is 6.91. The van der Waals surface area contributed by atoms with Gasteiger partial charge in [-0.15, -0.1) is 0 Å². The van der Waals surface area contributed by atoms with Gasteiger partial charge in [0.2, 0.25) is 0 Å². The lowest BCUT2D eigenvalue weighted by Crippen LogP contribution is -2.33. The van der Waals surface area contributed by atoms with Crippen molar-refractivity contribution < 1.29 is 13.0 Å². The van der Waals surface area contributed by atoms with E-state index in [0.29, 0.717) is 0 Å². The van der Waals surface area contributed by atoms with Crippen molar-refractivity contribution in [2.75, 3.05) is 6.54 Å². The average Bonchev–Trinajstić information content (AvgIpc) is 2.08. The van der Waals surface area contributed by atoms with Gasteiger partial charge in [0.15, 0.2) is 5.37 Å². The van der Waals surface area contributed by atoms with Crippen LogP contribution in [0.2, 0.25) is 0 Å². The van der Waals surface area contributed by atoms with E-state index >= 15 is 0 Å². The van der Waals surface area contributed by atoms with Crippen molar-refractivity contribution in [1.82, 2.24) is 5.32 Å². The van der Waals surface area contributed by atoms with Crippen LogP contribution in [0.25, 0.3) is 0 Å². The molecule has 0 spiro atoms. The van der Waals surface area contributed by atoms with Crippen LogP contribution in [0.1, 0.15) is 0 Å². The Labute approximate surface area is 52.5 Å². The minimum Gasteiger partial charge on any atom is -0.357 e. The molecule has 6 heteroatoms. The van der Waals surface area contributed by atoms with E-state index in [0.717, 1.165) is 0 Å². The number of aliphatic imine (C=N–C) groups is 1. The lowest BCUT2D eigenvalue weighted by molar-refractivity contribution is 0.466. The molecule has 0 bridgehead atoms. The summed E-state index contributed by atoms with van der Waals surface area (Å²) in [5.74, 6) is 0. The summed E-state index contributed by atoms with van der Waals surface area (Å²) in [7, 11) is -3.94. The smallest absolute Gasteiger partial charge is 0.288 e. The molecule has 9 heavy (non-hydrogen) atoms. The minimum atomic E-state index is -3.94. The third-order valence-corrected chi connectivity index (χ3v) is 1.99. The minimum absolute atomic E-state index is 0.0961. The molecule has 1 unspecified atom stereocenters. The Balaban J connectivity index is 2.68. The first-order valence-electron chi connectivity index (χ1n) is 2.31. The average molecular weight is 150 g/mol. The van der Waals surface area contributed by atoms with Gasteiger partial charge in [-0.05, 0) is 0 Å². The van der Waals surface area contributed by atoms with E-state index in [1.807, 2.05) is 0 Å². The second-order valence-corrected chi connectivity index (χ2v) is 3.26. The molecule has 0 saturated heterocycles. The number of hydrogen-bond acceptors (Lipinski definition) is 4. The molecule has 1 atom stereocenters.